The molecule has 2 aromatic carbocycles. The highest BCUT2D eigenvalue weighted by Gasteiger charge is 2.22. The Kier molecular flexibility index (Phi) is 4.68. The summed E-state index contributed by atoms with van der Waals surface area (Å²) in [5.41, 5.74) is 4.29. The first kappa shape index (κ1) is 17.4. The van der Waals surface area contributed by atoms with Crippen molar-refractivity contribution in [3.8, 4) is 0 Å². The number of benzene rings is 2. The first-order chi connectivity index (χ1) is 13.1. The molecule has 7 heteroatoms. The largest absolute Gasteiger partial charge is 0.334 e. The van der Waals surface area contributed by atoms with Crippen molar-refractivity contribution in [2.45, 2.75) is 19.9 Å². The third kappa shape index (κ3) is 3.59. The van der Waals surface area contributed by atoms with E-state index in [1.54, 1.807) is 6.92 Å². The van der Waals surface area contributed by atoms with Crippen LogP contribution in [0.15, 0.2) is 48.5 Å². The average Bonchev–Trinajstić information content (AvgIpc) is 3.13. The predicted molar refractivity (Wildman–Crippen MR) is 104 cm³/mol. The van der Waals surface area contributed by atoms with Crippen molar-refractivity contribution in [3.63, 3.8) is 0 Å². The topological polar surface area (TPSA) is 75.2 Å². The second-order valence-corrected chi connectivity index (χ2v) is 7.22. The molecule has 0 saturated carbocycles. The molecular weight excluding hydrogens is 360 g/mol. The number of nitrogens with one attached hydrogen (secondary N) is 1. The molecule has 0 saturated heterocycles. The summed E-state index contributed by atoms with van der Waals surface area (Å²) in [5, 5.41) is 6.77. The van der Waals surface area contributed by atoms with Gasteiger partial charge in [0, 0.05) is 24.3 Å². The summed E-state index contributed by atoms with van der Waals surface area (Å²) in [6.45, 7) is 2.99. The summed E-state index contributed by atoms with van der Waals surface area (Å²) < 4.78 is 3.80. The van der Waals surface area contributed by atoms with Crippen molar-refractivity contribution < 1.29 is 9.59 Å². The van der Waals surface area contributed by atoms with Crippen LogP contribution in [0.2, 0.25) is 0 Å². The van der Waals surface area contributed by atoms with Gasteiger partial charge in [-0.15, -0.1) is 5.10 Å². The Labute approximate surface area is 161 Å². The lowest BCUT2D eigenvalue weighted by atomic mass is 9.98. The minimum atomic E-state index is -0.213. The number of rotatable bonds is 3. The van der Waals surface area contributed by atoms with Gasteiger partial charge in [-0.3, -0.25) is 9.59 Å². The fourth-order valence-corrected chi connectivity index (χ4v) is 3.75. The van der Waals surface area contributed by atoms with Crippen LogP contribution in [-0.4, -0.2) is 32.8 Å². The maximum absolute atomic E-state index is 12.7. The average molecular weight is 378 g/mol. The lowest BCUT2D eigenvalue weighted by Crippen LogP contribution is -2.36. The molecule has 2 amide bonds. The Balaban J connectivity index is 1.51. The van der Waals surface area contributed by atoms with Crippen LogP contribution in [0.4, 0.5) is 5.69 Å². The van der Waals surface area contributed by atoms with Crippen LogP contribution < -0.4 is 5.32 Å². The number of aromatic nitrogens is 2. The van der Waals surface area contributed by atoms with Crippen molar-refractivity contribution in [1.82, 2.24) is 14.5 Å². The summed E-state index contributed by atoms with van der Waals surface area (Å²) in [4.78, 5) is 27.4. The third-order valence-electron chi connectivity index (χ3n) is 4.64. The standard InChI is InChI=1S/C20H18N4O2S/c1-13-18(27-23-22-13)19(25)21-17-8-7-14-9-10-24(12-16(14)11-17)20(26)15-5-3-2-4-6-15/h2-8,11H,9-10,12H2,1H3,(H,21,25). The van der Waals surface area contributed by atoms with E-state index in [0.29, 0.717) is 34.9 Å². The number of amides is 2. The van der Waals surface area contributed by atoms with Crippen molar-refractivity contribution >= 4 is 29.0 Å². The molecule has 0 spiro atoms. The number of hydrogen-bond donors (Lipinski definition) is 1. The van der Waals surface area contributed by atoms with E-state index in [1.165, 1.54) is 5.56 Å². The number of nitrogens with zero attached hydrogens (tertiary/aromatic N) is 3. The van der Waals surface area contributed by atoms with Crippen LogP contribution in [-0.2, 0) is 13.0 Å². The second-order valence-electron chi connectivity index (χ2n) is 6.47. The van der Waals surface area contributed by atoms with Crippen LogP contribution >= 0.6 is 11.5 Å². The molecule has 4 rings (SSSR count). The highest BCUT2D eigenvalue weighted by molar-refractivity contribution is 7.08. The number of anilines is 1. The first-order valence-corrected chi connectivity index (χ1v) is 9.45. The zero-order valence-electron chi connectivity index (χ0n) is 14.8. The van der Waals surface area contributed by atoms with E-state index in [9.17, 15) is 9.59 Å². The van der Waals surface area contributed by atoms with Gasteiger partial charge in [0.05, 0.1) is 5.69 Å². The van der Waals surface area contributed by atoms with Crippen LogP contribution in [0.25, 0.3) is 0 Å². The summed E-state index contributed by atoms with van der Waals surface area (Å²) in [6.07, 6.45) is 0.806. The number of carbonyl (C=O) groups excluding carboxylic acids is 2. The second kappa shape index (κ2) is 7.28. The molecule has 1 aliphatic rings. The van der Waals surface area contributed by atoms with E-state index in [2.05, 4.69) is 14.9 Å². The zero-order chi connectivity index (χ0) is 18.8. The molecule has 1 aliphatic heterocycles. The van der Waals surface area contributed by atoms with Gasteiger partial charge in [-0.05, 0) is 60.3 Å². The van der Waals surface area contributed by atoms with Gasteiger partial charge in [-0.1, -0.05) is 28.8 Å². The van der Waals surface area contributed by atoms with Crippen LogP contribution in [0.5, 0.6) is 0 Å². The molecule has 6 nitrogen and oxygen atoms in total. The van der Waals surface area contributed by atoms with E-state index in [-0.39, 0.29) is 11.8 Å². The van der Waals surface area contributed by atoms with E-state index in [0.717, 1.165) is 23.5 Å². The molecule has 0 bridgehead atoms. The van der Waals surface area contributed by atoms with Crippen molar-refractivity contribution in [1.29, 1.82) is 0 Å². The smallest absolute Gasteiger partial charge is 0.269 e. The fourth-order valence-electron chi connectivity index (χ4n) is 3.20. The van der Waals surface area contributed by atoms with E-state index in [1.807, 2.05) is 53.4 Å². The molecule has 2 heterocycles. The van der Waals surface area contributed by atoms with Gasteiger partial charge in [0.15, 0.2) is 0 Å². The number of fused-ring (bicyclic) bond motifs is 1. The molecule has 0 fully saturated rings. The Hall–Kier alpha value is -3.06. The molecule has 27 heavy (non-hydrogen) atoms. The SMILES string of the molecule is Cc1nnsc1C(=O)Nc1ccc2c(c1)CN(C(=O)c1ccccc1)CC2. The van der Waals surface area contributed by atoms with Gasteiger partial charge < -0.3 is 10.2 Å². The van der Waals surface area contributed by atoms with Gasteiger partial charge in [0.2, 0.25) is 0 Å². The third-order valence-corrected chi connectivity index (χ3v) is 5.47. The normalized spacial score (nSPS) is 13.1. The van der Waals surface area contributed by atoms with Crippen LogP contribution in [0, 0.1) is 6.92 Å². The molecule has 1 aromatic heterocycles. The Morgan fingerprint density at radius 3 is 2.67 bits per heavy atom. The first-order valence-electron chi connectivity index (χ1n) is 8.68. The monoisotopic (exact) mass is 378 g/mol. The van der Waals surface area contributed by atoms with Crippen molar-refractivity contribution in [2.75, 3.05) is 11.9 Å². The van der Waals surface area contributed by atoms with Crippen LogP contribution in [0.3, 0.4) is 0 Å². The summed E-state index contributed by atoms with van der Waals surface area (Å²) >= 11 is 1.08. The number of aryl methyl sites for hydroxylation is 1. The zero-order valence-corrected chi connectivity index (χ0v) is 15.6. The van der Waals surface area contributed by atoms with Gasteiger partial charge in [0.1, 0.15) is 4.88 Å². The minimum Gasteiger partial charge on any atom is -0.334 e. The lowest BCUT2D eigenvalue weighted by Gasteiger charge is -2.29. The van der Waals surface area contributed by atoms with Gasteiger partial charge in [-0.25, -0.2) is 0 Å². The highest BCUT2D eigenvalue weighted by atomic mass is 32.1. The Morgan fingerprint density at radius 1 is 1.11 bits per heavy atom. The van der Waals surface area contributed by atoms with Crippen molar-refractivity contribution in [2.24, 2.45) is 0 Å². The summed E-state index contributed by atoms with van der Waals surface area (Å²) in [7, 11) is 0. The molecule has 0 radical (unpaired) electrons. The maximum atomic E-state index is 12.7. The Morgan fingerprint density at radius 2 is 1.93 bits per heavy atom. The van der Waals surface area contributed by atoms with Gasteiger partial charge >= 0.3 is 0 Å². The highest BCUT2D eigenvalue weighted by Crippen LogP contribution is 2.24. The maximum Gasteiger partial charge on any atom is 0.269 e. The predicted octanol–water partition coefficient (Wildman–Crippen LogP) is 3.30. The molecule has 0 unspecified atom stereocenters. The molecular formula is C20H18N4O2S. The minimum absolute atomic E-state index is 0.0297. The molecule has 136 valence electrons. The van der Waals surface area contributed by atoms with E-state index in [4.69, 9.17) is 0 Å². The van der Waals surface area contributed by atoms with Crippen molar-refractivity contribution in [3.05, 3.63) is 75.8 Å². The molecule has 3 aromatic rings. The quantitative estimate of drug-likeness (QED) is 0.759. The summed E-state index contributed by atoms with van der Waals surface area (Å²) in [5.74, 6) is -0.183. The Bertz CT molecular complexity index is 1000. The number of hydrogen-bond acceptors (Lipinski definition) is 5. The van der Waals surface area contributed by atoms with E-state index >= 15 is 0 Å². The molecule has 0 atom stereocenters. The van der Waals surface area contributed by atoms with Gasteiger partial charge in [0.25, 0.3) is 11.8 Å². The molecule has 1 N–H and O–H groups in total. The molecule has 0 aliphatic carbocycles. The van der Waals surface area contributed by atoms with E-state index < -0.39 is 0 Å². The summed E-state index contributed by atoms with van der Waals surface area (Å²) in [6, 6.07) is 15.2. The van der Waals surface area contributed by atoms with Gasteiger partial charge in [-0.2, -0.15) is 0 Å². The van der Waals surface area contributed by atoms with Crippen LogP contribution in [0.1, 0.15) is 36.9 Å². The fraction of sp³-hybridized carbons (Fsp3) is 0.200. The lowest BCUT2D eigenvalue weighted by molar-refractivity contribution is 0.0734. The number of carbonyl (C=O) groups is 2.